The maximum absolute atomic E-state index is 11.8. The van der Waals surface area contributed by atoms with Crippen molar-refractivity contribution < 1.29 is 9.53 Å². The first kappa shape index (κ1) is 23.2. The topological polar surface area (TPSA) is 74.8 Å². The number of nitrogens with zero attached hydrogens (tertiary/aromatic N) is 1. The summed E-state index contributed by atoms with van der Waals surface area (Å²) in [5.74, 6) is 1.59. The van der Waals surface area contributed by atoms with Gasteiger partial charge >= 0.3 is 0 Å². The van der Waals surface area contributed by atoms with Gasteiger partial charge in [0.15, 0.2) is 5.96 Å². The molecule has 0 fully saturated rings. The minimum atomic E-state index is -0.0185. The molecule has 0 aliphatic heterocycles. The van der Waals surface area contributed by atoms with Crippen molar-refractivity contribution in [2.75, 3.05) is 26.7 Å². The molecule has 6 nitrogen and oxygen atoms in total. The Morgan fingerprint density at radius 1 is 1.11 bits per heavy atom. The number of hydrogen-bond donors (Lipinski definition) is 3. The Kier molecular flexibility index (Phi) is 11.5. The van der Waals surface area contributed by atoms with E-state index in [1.165, 1.54) is 11.3 Å². The molecule has 0 bridgehead atoms. The number of thiophene rings is 1. The molecule has 0 saturated carbocycles. The number of aliphatic imine (C=N–C) groups is 1. The quantitative estimate of drug-likeness (QED) is 0.213. The predicted octanol–water partition coefficient (Wildman–Crippen LogP) is 3.25. The van der Waals surface area contributed by atoms with Gasteiger partial charge in [-0.3, -0.25) is 9.79 Å². The van der Waals surface area contributed by atoms with Crippen LogP contribution in [0.4, 0.5) is 0 Å². The van der Waals surface area contributed by atoms with Crippen LogP contribution in [0.25, 0.3) is 0 Å². The zero-order valence-electron chi connectivity index (χ0n) is 15.7. The fourth-order valence-corrected chi connectivity index (χ4v) is 2.98. The van der Waals surface area contributed by atoms with Crippen LogP contribution in [-0.2, 0) is 6.54 Å². The molecule has 0 spiro atoms. The summed E-state index contributed by atoms with van der Waals surface area (Å²) in [6.45, 7) is 4.58. The molecule has 1 aromatic heterocycles. The average Bonchev–Trinajstić information content (AvgIpc) is 3.20. The molecule has 1 heterocycles. The molecule has 148 valence electrons. The molecule has 0 unspecified atom stereocenters. The van der Waals surface area contributed by atoms with Crippen molar-refractivity contribution in [2.24, 2.45) is 4.99 Å². The molecule has 1 amide bonds. The van der Waals surface area contributed by atoms with E-state index in [1.807, 2.05) is 48.7 Å². The highest BCUT2D eigenvalue weighted by Crippen LogP contribution is 2.17. The third-order valence-electron chi connectivity index (χ3n) is 3.62. The minimum Gasteiger partial charge on any atom is -0.494 e. The van der Waals surface area contributed by atoms with E-state index in [2.05, 4.69) is 20.9 Å². The number of para-hydroxylation sites is 1. The first-order valence-electron chi connectivity index (χ1n) is 8.71. The summed E-state index contributed by atoms with van der Waals surface area (Å²) in [6, 6.07) is 11.7. The molecule has 0 saturated heterocycles. The van der Waals surface area contributed by atoms with Crippen molar-refractivity contribution in [3.05, 3.63) is 52.2 Å². The Bertz CT molecular complexity index is 707. The molecule has 2 aromatic rings. The van der Waals surface area contributed by atoms with Crippen molar-refractivity contribution in [2.45, 2.75) is 19.9 Å². The van der Waals surface area contributed by atoms with Crippen molar-refractivity contribution in [3.8, 4) is 5.75 Å². The summed E-state index contributed by atoms with van der Waals surface area (Å²) in [7, 11) is 1.74. The number of halogens is 1. The maximum Gasteiger partial charge on any atom is 0.261 e. The monoisotopic (exact) mass is 502 g/mol. The zero-order valence-corrected chi connectivity index (χ0v) is 18.8. The zero-order chi connectivity index (χ0) is 18.6. The molecule has 1 aromatic carbocycles. The standard InChI is InChI=1S/C19H26N4O2S.HI/c1-3-25-16-9-5-4-8-15(16)14-23-19(20-2)22-12-7-11-21-18(24)17-10-6-13-26-17;/h4-6,8-10,13H,3,7,11-12,14H2,1-2H3,(H,21,24)(H2,20,22,23);1H. The number of nitrogens with one attached hydrogen (secondary N) is 3. The van der Waals surface area contributed by atoms with Crippen LogP contribution in [0.5, 0.6) is 5.75 Å². The lowest BCUT2D eigenvalue weighted by atomic mass is 10.2. The van der Waals surface area contributed by atoms with Gasteiger partial charge < -0.3 is 20.7 Å². The van der Waals surface area contributed by atoms with Gasteiger partial charge in [-0.15, -0.1) is 35.3 Å². The number of carbonyl (C=O) groups is 1. The maximum atomic E-state index is 11.8. The smallest absolute Gasteiger partial charge is 0.261 e. The van der Waals surface area contributed by atoms with E-state index >= 15 is 0 Å². The van der Waals surface area contributed by atoms with Crippen molar-refractivity contribution in [1.29, 1.82) is 0 Å². The molecule has 0 atom stereocenters. The molecule has 27 heavy (non-hydrogen) atoms. The molecule has 8 heteroatoms. The second kappa shape index (κ2) is 13.4. The van der Waals surface area contributed by atoms with Crippen LogP contribution in [0, 0.1) is 0 Å². The highest BCUT2D eigenvalue weighted by atomic mass is 127. The van der Waals surface area contributed by atoms with Gasteiger partial charge in [0.25, 0.3) is 5.91 Å². The van der Waals surface area contributed by atoms with Gasteiger partial charge in [0, 0.05) is 32.2 Å². The van der Waals surface area contributed by atoms with Gasteiger partial charge in [-0.1, -0.05) is 24.3 Å². The number of rotatable bonds is 9. The average molecular weight is 502 g/mol. The summed E-state index contributed by atoms with van der Waals surface area (Å²) in [5, 5.41) is 11.3. The number of ether oxygens (including phenoxy) is 1. The van der Waals surface area contributed by atoms with Gasteiger partial charge in [0.05, 0.1) is 11.5 Å². The van der Waals surface area contributed by atoms with Gasteiger partial charge in [0.1, 0.15) is 5.75 Å². The Labute approximate surface area is 181 Å². The van der Waals surface area contributed by atoms with Crippen molar-refractivity contribution in [3.63, 3.8) is 0 Å². The van der Waals surface area contributed by atoms with E-state index in [9.17, 15) is 4.79 Å². The highest BCUT2D eigenvalue weighted by Gasteiger charge is 2.06. The predicted molar refractivity (Wildman–Crippen MR) is 122 cm³/mol. The number of hydrogen-bond acceptors (Lipinski definition) is 4. The molecule has 0 aliphatic rings. The Morgan fingerprint density at radius 2 is 1.89 bits per heavy atom. The van der Waals surface area contributed by atoms with Crippen LogP contribution >= 0.6 is 35.3 Å². The van der Waals surface area contributed by atoms with Gasteiger partial charge in [0.2, 0.25) is 0 Å². The molecule has 3 N–H and O–H groups in total. The normalized spacial score (nSPS) is 10.7. The summed E-state index contributed by atoms with van der Waals surface area (Å²) < 4.78 is 5.63. The van der Waals surface area contributed by atoms with Crippen LogP contribution in [0.1, 0.15) is 28.6 Å². The first-order valence-corrected chi connectivity index (χ1v) is 9.59. The van der Waals surface area contributed by atoms with Crippen LogP contribution in [0.15, 0.2) is 46.8 Å². The summed E-state index contributed by atoms with van der Waals surface area (Å²) in [6.07, 6.45) is 0.813. The number of carbonyl (C=O) groups excluding carboxylic acids is 1. The second-order valence-corrected chi connectivity index (χ2v) is 6.43. The van der Waals surface area contributed by atoms with Gasteiger partial charge in [-0.2, -0.15) is 0 Å². The minimum absolute atomic E-state index is 0. The first-order chi connectivity index (χ1) is 12.7. The molecule has 0 aliphatic carbocycles. The fourth-order valence-electron chi connectivity index (χ4n) is 2.34. The van der Waals surface area contributed by atoms with E-state index in [-0.39, 0.29) is 29.9 Å². The Balaban J connectivity index is 0.00000364. The SMILES string of the molecule is CCOc1ccccc1CNC(=NC)NCCCNC(=O)c1cccs1.I. The summed E-state index contributed by atoms with van der Waals surface area (Å²) in [4.78, 5) is 16.8. The van der Waals surface area contributed by atoms with Crippen molar-refractivity contribution in [1.82, 2.24) is 16.0 Å². The van der Waals surface area contributed by atoms with E-state index in [4.69, 9.17) is 4.74 Å². The van der Waals surface area contributed by atoms with Gasteiger partial charge in [-0.25, -0.2) is 0 Å². The van der Waals surface area contributed by atoms with E-state index in [0.717, 1.165) is 35.1 Å². The van der Waals surface area contributed by atoms with Crippen LogP contribution in [0.3, 0.4) is 0 Å². The van der Waals surface area contributed by atoms with Crippen molar-refractivity contribution >= 4 is 47.2 Å². The summed E-state index contributed by atoms with van der Waals surface area (Å²) in [5.41, 5.74) is 1.08. The third-order valence-corrected chi connectivity index (χ3v) is 4.49. The second-order valence-electron chi connectivity index (χ2n) is 5.48. The van der Waals surface area contributed by atoms with Crippen LogP contribution < -0.4 is 20.7 Å². The fraction of sp³-hybridized carbons (Fsp3) is 0.368. The molecule has 0 radical (unpaired) electrons. The van der Waals surface area contributed by atoms with Gasteiger partial charge in [-0.05, 0) is 30.9 Å². The third kappa shape index (κ3) is 8.17. The number of benzene rings is 1. The molecular formula is C19H27IN4O2S. The van der Waals surface area contributed by atoms with Crippen LogP contribution in [0.2, 0.25) is 0 Å². The van der Waals surface area contributed by atoms with E-state index < -0.39 is 0 Å². The molecule has 2 rings (SSSR count). The van der Waals surface area contributed by atoms with Crippen LogP contribution in [-0.4, -0.2) is 38.6 Å². The Morgan fingerprint density at radius 3 is 2.59 bits per heavy atom. The Hall–Kier alpha value is -1.81. The largest absolute Gasteiger partial charge is 0.494 e. The number of amides is 1. The van der Waals surface area contributed by atoms with E-state index in [0.29, 0.717) is 19.7 Å². The number of guanidine groups is 1. The lowest BCUT2D eigenvalue weighted by Gasteiger charge is -2.14. The highest BCUT2D eigenvalue weighted by molar-refractivity contribution is 14.0. The lowest BCUT2D eigenvalue weighted by molar-refractivity contribution is 0.0957. The summed E-state index contributed by atoms with van der Waals surface area (Å²) >= 11 is 1.45. The molecular weight excluding hydrogens is 475 g/mol. The lowest BCUT2D eigenvalue weighted by Crippen LogP contribution is -2.38. The van der Waals surface area contributed by atoms with E-state index in [1.54, 1.807) is 7.05 Å².